The van der Waals surface area contributed by atoms with E-state index in [1.807, 2.05) is 0 Å². The predicted octanol–water partition coefficient (Wildman–Crippen LogP) is 3.64. The molecule has 2 aliphatic rings. The number of halogens is 6. The van der Waals surface area contributed by atoms with Crippen LogP contribution in [0.25, 0.3) is 0 Å². The fourth-order valence-corrected chi connectivity index (χ4v) is 5.12. The summed E-state index contributed by atoms with van der Waals surface area (Å²) in [7, 11) is -3.31. The third kappa shape index (κ3) is 7.08. The summed E-state index contributed by atoms with van der Waals surface area (Å²) in [6.45, 7) is 3.57. The van der Waals surface area contributed by atoms with Gasteiger partial charge in [-0.2, -0.15) is 26.3 Å². The molecule has 0 aromatic heterocycles. The van der Waals surface area contributed by atoms with Crippen LogP contribution in [0.15, 0.2) is 18.2 Å². The molecule has 0 bridgehead atoms. The molecule has 1 saturated heterocycles. The maximum Gasteiger partial charge on any atom is 0.416 e. The molecule has 1 heterocycles. The fraction of sp³-hybridized carbons (Fsp3) is 0.667. The zero-order chi connectivity index (χ0) is 25.4. The number of nitrogens with one attached hydrogen (secondary N) is 2. The van der Waals surface area contributed by atoms with E-state index in [0.717, 1.165) is 12.8 Å². The van der Waals surface area contributed by atoms with E-state index in [1.165, 1.54) is 0 Å². The van der Waals surface area contributed by atoms with Crippen molar-refractivity contribution < 1.29 is 39.6 Å². The highest BCUT2D eigenvalue weighted by molar-refractivity contribution is 7.89. The number of alkyl halides is 6. The molecule has 0 radical (unpaired) electrons. The molecule has 1 aliphatic heterocycles. The highest BCUT2D eigenvalue weighted by Gasteiger charge is 2.46. The number of amides is 1. The molecule has 2 N–H and O–H groups in total. The number of benzene rings is 1. The van der Waals surface area contributed by atoms with Crippen LogP contribution in [0.1, 0.15) is 54.1 Å². The molecule has 1 aromatic rings. The quantitative estimate of drug-likeness (QED) is 0.519. The van der Waals surface area contributed by atoms with Crippen molar-refractivity contribution in [1.29, 1.82) is 0 Å². The van der Waals surface area contributed by atoms with E-state index < -0.39 is 50.5 Å². The van der Waals surface area contributed by atoms with Crippen LogP contribution in [0.3, 0.4) is 0 Å². The van der Waals surface area contributed by atoms with Crippen molar-refractivity contribution in [3.63, 3.8) is 0 Å². The number of sulfonamides is 1. The Hall–Kier alpha value is -1.86. The summed E-state index contributed by atoms with van der Waals surface area (Å²) in [5.74, 6) is -0.979. The molecule has 1 aromatic carbocycles. The molecule has 0 unspecified atom stereocenters. The smallest absolute Gasteiger partial charge is 0.352 e. The molecule has 1 aliphatic carbocycles. The van der Waals surface area contributed by atoms with Crippen molar-refractivity contribution in [2.75, 3.05) is 31.9 Å². The van der Waals surface area contributed by atoms with Crippen LogP contribution in [0, 0.1) is 5.92 Å². The molecule has 6 nitrogen and oxygen atoms in total. The van der Waals surface area contributed by atoms with Crippen LogP contribution >= 0.6 is 0 Å². The summed E-state index contributed by atoms with van der Waals surface area (Å²) >= 11 is 0. The van der Waals surface area contributed by atoms with Crippen molar-refractivity contribution in [1.82, 2.24) is 14.9 Å². The second kappa shape index (κ2) is 9.65. The molecule has 0 spiro atoms. The molecular formula is C21H27F6N3O3S. The Morgan fingerprint density at radius 3 is 2.00 bits per heavy atom. The van der Waals surface area contributed by atoms with Crippen molar-refractivity contribution in [2.45, 2.75) is 50.5 Å². The lowest BCUT2D eigenvalue weighted by Gasteiger charge is -2.34. The van der Waals surface area contributed by atoms with Gasteiger partial charge in [0, 0.05) is 24.2 Å². The van der Waals surface area contributed by atoms with E-state index >= 15 is 0 Å². The minimum absolute atomic E-state index is 0.00681. The molecule has 192 valence electrons. The third-order valence-corrected chi connectivity index (χ3v) is 7.74. The van der Waals surface area contributed by atoms with Gasteiger partial charge in [-0.05, 0) is 69.8 Å². The van der Waals surface area contributed by atoms with Gasteiger partial charge >= 0.3 is 12.4 Å². The van der Waals surface area contributed by atoms with E-state index in [-0.39, 0.29) is 24.3 Å². The molecule has 34 heavy (non-hydrogen) atoms. The average Bonchev–Trinajstić information content (AvgIpc) is 3.49. The first-order valence-corrected chi connectivity index (χ1v) is 12.6. The maximum absolute atomic E-state index is 13.0. The summed E-state index contributed by atoms with van der Waals surface area (Å²) in [4.78, 5) is 14.5. The first-order valence-electron chi connectivity index (χ1n) is 10.9. The Morgan fingerprint density at radius 1 is 1.03 bits per heavy atom. The van der Waals surface area contributed by atoms with Gasteiger partial charge in [-0.25, -0.2) is 13.1 Å². The number of carbonyl (C=O) groups is 1. The van der Waals surface area contributed by atoms with Crippen LogP contribution in [0.5, 0.6) is 0 Å². The summed E-state index contributed by atoms with van der Waals surface area (Å²) in [6.07, 6.45) is -7.19. The number of carbonyl (C=O) groups excluding carboxylic acids is 1. The van der Waals surface area contributed by atoms with Gasteiger partial charge in [-0.3, -0.25) is 4.79 Å². The van der Waals surface area contributed by atoms with Crippen molar-refractivity contribution in [3.05, 3.63) is 34.9 Å². The Bertz CT molecular complexity index is 966. The number of piperidine rings is 1. The second-order valence-electron chi connectivity index (χ2n) is 9.01. The Labute approximate surface area is 194 Å². The zero-order valence-corrected chi connectivity index (χ0v) is 19.3. The first kappa shape index (κ1) is 26.7. The van der Waals surface area contributed by atoms with E-state index in [9.17, 15) is 39.6 Å². The standard InChI is InChI=1S/C21H27F6N3O3S/c1-2-34(32,33)29-19(5-6-19)13-30-7-3-14(4-8-30)12-28-18(31)15-9-16(20(22,23)24)11-17(10-15)21(25,26)27/h9-11,14,29H,2-8,12-13H2,1H3,(H,28,31). The van der Waals surface area contributed by atoms with Gasteiger partial charge in [-0.15, -0.1) is 0 Å². The lowest BCUT2D eigenvalue weighted by atomic mass is 9.96. The van der Waals surface area contributed by atoms with E-state index in [0.29, 0.717) is 44.6 Å². The maximum atomic E-state index is 13.0. The molecule has 13 heteroatoms. The molecule has 1 saturated carbocycles. The van der Waals surface area contributed by atoms with Crippen LogP contribution < -0.4 is 10.0 Å². The van der Waals surface area contributed by atoms with Crippen molar-refractivity contribution >= 4 is 15.9 Å². The van der Waals surface area contributed by atoms with Gasteiger partial charge < -0.3 is 10.2 Å². The number of nitrogens with zero attached hydrogens (tertiary/aromatic N) is 1. The number of likely N-dealkylation sites (tertiary alicyclic amines) is 1. The zero-order valence-electron chi connectivity index (χ0n) is 18.5. The van der Waals surface area contributed by atoms with Gasteiger partial charge in [0.25, 0.3) is 5.91 Å². The Balaban J connectivity index is 1.54. The van der Waals surface area contributed by atoms with Crippen LogP contribution in [-0.2, 0) is 22.4 Å². The lowest BCUT2D eigenvalue weighted by molar-refractivity contribution is -0.143. The number of hydrogen-bond donors (Lipinski definition) is 2. The van der Waals surface area contributed by atoms with Crippen LogP contribution in [0.4, 0.5) is 26.3 Å². The number of rotatable bonds is 8. The van der Waals surface area contributed by atoms with Gasteiger partial charge in [-0.1, -0.05) is 0 Å². The molecule has 2 fully saturated rings. The monoisotopic (exact) mass is 515 g/mol. The minimum Gasteiger partial charge on any atom is -0.352 e. The third-order valence-electron chi connectivity index (χ3n) is 6.24. The highest BCUT2D eigenvalue weighted by Crippen LogP contribution is 2.38. The van der Waals surface area contributed by atoms with Gasteiger partial charge in [0.1, 0.15) is 0 Å². The Morgan fingerprint density at radius 2 is 1.56 bits per heavy atom. The summed E-state index contributed by atoms with van der Waals surface area (Å²) < 4.78 is 105. The van der Waals surface area contributed by atoms with Crippen molar-refractivity contribution in [2.24, 2.45) is 5.92 Å². The topological polar surface area (TPSA) is 78.5 Å². The molecule has 0 atom stereocenters. The van der Waals surface area contributed by atoms with Gasteiger partial charge in [0.05, 0.1) is 16.9 Å². The SMILES string of the molecule is CCS(=O)(=O)NC1(CN2CCC(CNC(=O)c3cc(C(F)(F)F)cc(C(F)(F)F)c3)CC2)CC1. The van der Waals surface area contributed by atoms with Gasteiger partial charge in [0.15, 0.2) is 0 Å². The second-order valence-corrected chi connectivity index (χ2v) is 11.0. The van der Waals surface area contributed by atoms with E-state index in [1.54, 1.807) is 6.92 Å². The van der Waals surface area contributed by atoms with Gasteiger partial charge in [0.2, 0.25) is 10.0 Å². The first-order chi connectivity index (χ1) is 15.6. The van der Waals surface area contributed by atoms with Crippen molar-refractivity contribution in [3.8, 4) is 0 Å². The number of hydrogen-bond acceptors (Lipinski definition) is 4. The molecule has 1 amide bonds. The molecular weight excluding hydrogens is 488 g/mol. The normalized spacial score (nSPS) is 19.7. The Kier molecular flexibility index (Phi) is 7.59. The van der Waals surface area contributed by atoms with Crippen LogP contribution in [0.2, 0.25) is 0 Å². The van der Waals surface area contributed by atoms with E-state index in [4.69, 9.17) is 0 Å². The fourth-order valence-electron chi connectivity index (χ4n) is 4.05. The summed E-state index contributed by atoms with van der Waals surface area (Å²) in [5, 5.41) is 2.46. The largest absolute Gasteiger partial charge is 0.416 e. The summed E-state index contributed by atoms with van der Waals surface area (Å²) in [5.41, 5.74) is -4.20. The summed E-state index contributed by atoms with van der Waals surface area (Å²) in [6, 6.07) is 0.818. The predicted molar refractivity (Wildman–Crippen MR) is 113 cm³/mol. The highest BCUT2D eigenvalue weighted by atomic mass is 32.2. The molecule has 3 rings (SSSR count). The van der Waals surface area contributed by atoms with Crippen LogP contribution in [-0.4, -0.2) is 56.7 Å². The average molecular weight is 516 g/mol. The minimum atomic E-state index is -5.02. The van der Waals surface area contributed by atoms with E-state index in [2.05, 4.69) is 14.9 Å². The lowest BCUT2D eigenvalue weighted by Crippen LogP contribution is -2.49.